The summed E-state index contributed by atoms with van der Waals surface area (Å²) in [6.45, 7) is 6.37. The number of hydrogen-bond acceptors (Lipinski definition) is 2. The first-order chi connectivity index (χ1) is 7.26. The Morgan fingerprint density at radius 3 is 2.73 bits per heavy atom. The Balaban J connectivity index is 2.21. The number of carbonyl (C=O) groups excluding carboxylic acids is 1. The maximum absolute atomic E-state index is 11.7. The molecule has 1 aliphatic rings. The van der Waals surface area contributed by atoms with Crippen molar-refractivity contribution in [2.45, 2.75) is 52.0 Å². The highest BCUT2D eigenvalue weighted by Gasteiger charge is 2.17. The average molecular weight is 212 g/mol. The molecule has 3 nitrogen and oxygen atoms in total. The van der Waals surface area contributed by atoms with E-state index in [9.17, 15) is 4.79 Å². The van der Waals surface area contributed by atoms with E-state index in [4.69, 9.17) is 0 Å². The number of rotatable bonds is 5. The van der Waals surface area contributed by atoms with Crippen LogP contribution in [0.25, 0.3) is 0 Å². The first-order valence-corrected chi connectivity index (χ1v) is 6.26. The van der Waals surface area contributed by atoms with Crippen molar-refractivity contribution in [3.63, 3.8) is 0 Å². The van der Waals surface area contributed by atoms with E-state index in [-0.39, 0.29) is 5.91 Å². The van der Waals surface area contributed by atoms with Crippen molar-refractivity contribution in [1.29, 1.82) is 0 Å². The molecule has 2 N–H and O–H groups in total. The number of carbonyl (C=O) groups is 1. The third kappa shape index (κ3) is 4.65. The number of hydrogen-bond donors (Lipinski definition) is 2. The molecule has 15 heavy (non-hydrogen) atoms. The third-order valence-corrected chi connectivity index (χ3v) is 3.22. The van der Waals surface area contributed by atoms with E-state index in [0.717, 1.165) is 25.9 Å². The van der Waals surface area contributed by atoms with Crippen LogP contribution >= 0.6 is 0 Å². The molecule has 1 fully saturated rings. The van der Waals surface area contributed by atoms with E-state index < -0.39 is 0 Å². The van der Waals surface area contributed by atoms with Gasteiger partial charge >= 0.3 is 0 Å². The summed E-state index contributed by atoms with van der Waals surface area (Å²) in [4.78, 5) is 11.7. The van der Waals surface area contributed by atoms with Crippen molar-refractivity contribution in [2.75, 3.05) is 13.1 Å². The van der Waals surface area contributed by atoms with Crippen molar-refractivity contribution in [3.05, 3.63) is 0 Å². The minimum absolute atomic E-state index is 0.234. The SMILES string of the molecule is CCC(CC)NC(=O)CC1CCCNC1. The highest BCUT2D eigenvalue weighted by atomic mass is 16.1. The highest BCUT2D eigenvalue weighted by Crippen LogP contribution is 2.13. The zero-order valence-corrected chi connectivity index (χ0v) is 10.0. The molecule has 1 saturated heterocycles. The Morgan fingerprint density at radius 1 is 1.47 bits per heavy atom. The molecule has 0 radical (unpaired) electrons. The van der Waals surface area contributed by atoms with E-state index in [1.807, 2.05) is 0 Å². The fraction of sp³-hybridized carbons (Fsp3) is 0.917. The minimum atomic E-state index is 0.234. The van der Waals surface area contributed by atoms with Crippen molar-refractivity contribution < 1.29 is 4.79 Å². The van der Waals surface area contributed by atoms with Gasteiger partial charge in [0.2, 0.25) is 5.91 Å². The first kappa shape index (κ1) is 12.5. The zero-order valence-electron chi connectivity index (χ0n) is 10.0. The van der Waals surface area contributed by atoms with Gasteiger partial charge in [-0.3, -0.25) is 4.79 Å². The second-order valence-corrected chi connectivity index (χ2v) is 4.50. The van der Waals surface area contributed by atoms with Crippen molar-refractivity contribution in [1.82, 2.24) is 10.6 Å². The summed E-state index contributed by atoms with van der Waals surface area (Å²) in [6, 6.07) is 0.369. The van der Waals surface area contributed by atoms with Crippen LogP contribution < -0.4 is 10.6 Å². The molecule has 1 rings (SSSR count). The number of piperidine rings is 1. The van der Waals surface area contributed by atoms with Crippen LogP contribution in [0.1, 0.15) is 46.0 Å². The second-order valence-electron chi connectivity index (χ2n) is 4.50. The molecule has 1 heterocycles. The summed E-state index contributed by atoms with van der Waals surface area (Å²) in [5.41, 5.74) is 0. The summed E-state index contributed by atoms with van der Waals surface area (Å²) in [5.74, 6) is 0.783. The molecule has 0 aromatic heterocycles. The summed E-state index contributed by atoms with van der Waals surface area (Å²) in [6.07, 6.45) is 5.17. The Bertz CT molecular complexity index is 184. The molecule has 0 aromatic rings. The molecular weight excluding hydrogens is 188 g/mol. The summed E-state index contributed by atoms with van der Waals surface area (Å²) in [5, 5.41) is 6.44. The highest BCUT2D eigenvalue weighted by molar-refractivity contribution is 5.76. The Morgan fingerprint density at radius 2 is 2.20 bits per heavy atom. The second kappa shape index (κ2) is 6.83. The van der Waals surface area contributed by atoms with Gasteiger partial charge in [0.25, 0.3) is 0 Å². The molecule has 0 saturated carbocycles. The van der Waals surface area contributed by atoms with Crippen LogP contribution in [-0.2, 0) is 4.79 Å². The molecule has 0 spiro atoms. The van der Waals surface area contributed by atoms with Gasteiger partial charge in [-0.1, -0.05) is 13.8 Å². The van der Waals surface area contributed by atoms with Gasteiger partial charge in [0, 0.05) is 12.5 Å². The van der Waals surface area contributed by atoms with Crippen LogP contribution in [0.15, 0.2) is 0 Å². The lowest BCUT2D eigenvalue weighted by Crippen LogP contribution is -2.38. The predicted molar refractivity (Wildman–Crippen MR) is 62.7 cm³/mol. The van der Waals surface area contributed by atoms with E-state index >= 15 is 0 Å². The molecule has 1 unspecified atom stereocenters. The van der Waals surface area contributed by atoms with Crippen LogP contribution in [0.2, 0.25) is 0 Å². The van der Waals surface area contributed by atoms with Gasteiger partial charge in [-0.05, 0) is 44.7 Å². The lowest BCUT2D eigenvalue weighted by molar-refractivity contribution is -0.122. The lowest BCUT2D eigenvalue weighted by Gasteiger charge is -2.23. The van der Waals surface area contributed by atoms with E-state index in [2.05, 4.69) is 24.5 Å². The van der Waals surface area contributed by atoms with Crippen LogP contribution in [0.3, 0.4) is 0 Å². The van der Waals surface area contributed by atoms with Crippen molar-refractivity contribution in [2.24, 2.45) is 5.92 Å². The van der Waals surface area contributed by atoms with Gasteiger partial charge in [-0.15, -0.1) is 0 Å². The quantitative estimate of drug-likeness (QED) is 0.728. The van der Waals surface area contributed by atoms with Crippen molar-refractivity contribution >= 4 is 5.91 Å². The zero-order chi connectivity index (χ0) is 11.1. The number of nitrogens with one attached hydrogen (secondary N) is 2. The van der Waals surface area contributed by atoms with Crippen LogP contribution in [0.5, 0.6) is 0 Å². The molecule has 1 aliphatic heterocycles. The van der Waals surface area contributed by atoms with Gasteiger partial charge in [-0.2, -0.15) is 0 Å². The average Bonchev–Trinajstić information content (AvgIpc) is 2.27. The van der Waals surface area contributed by atoms with Gasteiger partial charge < -0.3 is 10.6 Å². The first-order valence-electron chi connectivity index (χ1n) is 6.26. The van der Waals surface area contributed by atoms with Crippen molar-refractivity contribution in [3.8, 4) is 0 Å². The van der Waals surface area contributed by atoms with E-state index in [1.54, 1.807) is 0 Å². The molecular formula is C12H24N2O. The largest absolute Gasteiger partial charge is 0.353 e. The Hall–Kier alpha value is -0.570. The predicted octanol–water partition coefficient (Wildman–Crippen LogP) is 1.68. The molecule has 0 aromatic carbocycles. The van der Waals surface area contributed by atoms with Crippen LogP contribution in [0, 0.1) is 5.92 Å². The minimum Gasteiger partial charge on any atom is -0.353 e. The van der Waals surface area contributed by atoms with Gasteiger partial charge in [0.15, 0.2) is 0 Å². The lowest BCUT2D eigenvalue weighted by atomic mass is 9.95. The molecule has 1 atom stereocenters. The molecule has 0 aliphatic carbocycles. The van der Waals surface area contributed by atoms with Crippen LogP contribution in [0.4, 0.5) is 0 Å². The molecule has 88 valence electrons. The Kier molecular flexibility index (Phi) is 5.69. The maximum Gasteiger partial charge on any atom is 0.220 e. The van der Waals surface area contributed by atoms with E-state index in [1.165, 1.54) is 12.8 Å². The topological polar surface area (TPSA) is 41.1 Å². The fourth-order valence-electron chi connectivity index (χ4n) is 2.14. The third-order valence-electron chi connectivity index (χ3n) is 3.22. The van der Waals surface area contributed by atoms with Gasteiger partial charge in [-0.25, -0.2) is 0 Å². The van der Waals surface area contributed by atoms with E-state index in [0.29, 0.717) is 18.4 Å². The summed E-state index contributed by atoms with van der Waals surface area (Å²) in [7, 11) is 0. The van der Waals surface area contributed by atoms with Gasteiger partial charge in [0.05, 0.1) is 0 Å². The molecule has 3 heteroatoms. The Labute approximate surface area is 93.0 Å². The van der Waals surface area contributed by atoms with Crippen LogP contribution in [-0.4, -0.2) is 25.0 Å². The smallest absolute Gasteiger partial charge is 0.220 e. The molecule has 1 amide bonds. The normalized spacial score (nSPS) is 21.7. The molecule has 0 bridgehead atoms. The maximum atomic E-state index is 11.7. The fourth-order valence-corrected chi connectivity index (χ4v) is 2.14. The number of amides is 1. The summed E-state index contributed by atoms with van der Waals surface area (Å²) < 4.78 is 0. The standard InChI is InChI=1S/C12H24N2O/c1-3-11(4-2)14-12(15)8-10-6-5-7-13-9-10/h10-11,13H,3-9H2,1-2H3,(H,14,15). The van der Waals surface area contributed by atoms with Gasteiger partial charge in [0.1, 0.15) is 0 Å². The summed E-state index contributed by atoms with van der Waals surface area (Å²) >= 11 is 0. The monoisotopic (exact) mass is 212 g/mol.